The molecule has 0 aromatic carbocycles. The van der Waals surface area contributed by atoms with E-state index in [0.717, 1.165) is 39.0 Å². The molecule has 3 aliphatic rings. The Balaban J connectivity index is 1.65. The molecule has 0 bridgehead atoms. The summed E-state index contributed by atoms with van der Waals surface area (Å²) in [5.41, 5.74) is 0. The van der Waals surface area contributed by atoms with Crippen molar-refractivity contribution in [3.63, 3.8) is 0 Å². The molecule has 0 aromatic rings. The summed E-state index contributed by atoms with van der Waals surface area (Å²) >= 11 is 0. The second kappa shape index (κ2) is 20.4. The molecule has 10 N–H and O–H groups in total. The quantitative estimate of drug-likeness (QED) is 0.0472. The molecular weight excluding hydrogens is 662 g/mol. The number of carbonyl (C=O) groups is 2. The van der Waals surface area contributed by atoms with Crippen molar-refractivity contribution < 1.29 is 88.7 Å². The molecule has 0 saturated carbocycles. The van der Waals surface area contributed by atoms with Gasteiger partial charge in [-0.1, -0.05) is 25.7 Å². The van der Waals surface area contributed by atoms with E-state index in [1.807, 2.05) is 0 Å². The molecule has 0 radical (unpaired) electrons. The highest BCUT2D eigenvalue weighted by Crippen LogP contribution is 2.33. The minimum atomic E-state index is -1.85. The number of methoxy groups -OCH3 is 1. The number of ether oxygens (including phenoxy) is 7. The van der Waals surface area contributed by atoms with Gasteiger partial charge in [-0.3, -0.25) is 9.59 Å². The van der Waals surface area contributed by atoms with Crippen LogP contribution >= 0.6 is 0 Å². The number of unbranched alkanes of at least 4 members (excludes halogenated alkanes) is 5. The number of aliphatic hydroxyl groups is 9. The highest BCUT2D eigenvalue weighted by atomic mass is 16.8. The molecule has 0 aliphatic carbocycles. The van der Waals surface area contributed by atoms with Crippen LogP contribution in [0.5, 0.6) is 0 Å². The van der Waals surface area contributed by atoms with E-state index in [1.54, 1.807) is 0 Å². The second-order valence-corrected chi connectivity index (χ2v) is 12.4. The third-order valence-corrected chi connectivity index (χ3v) is 8.76. The Labute approximate surface area is 283 Å². The summed E-state index contributed by atoms with van der Waals surface area (Å²) in [4.78, 5) is 23.3. The second-order valence-electron chi connectivity index (χ2n) is 12.4. The van der Waals surface area contributed by atoms with Crippen molar-refractivity contribution in [3.05, 3.63) is 0 Å². The first-order chi connectivity index (χ1) is 23.4. The first-order valence-corrected chi connectivity index (χ1v) is 16.5. The maximum absolute atomic E-state index is 12.2. The van der Waals surface area contributed by atoms with E-state index in [9.17, 15) is 55.5 Å². The van der Waals surface area contributed by atoms with Gasteiger partial charge in [0.15, 0.2) is 18.9 Å². The maximum atomic E-state index is 12.2. The van der Waals surface area contributed by atoms with Crippen molar-refractivity contribution >= 4 is 11.9 Å². The molecule has 3 aliphatic heterocycles. The van der Waals surface area contributed by atoms with Gasteiger partial charge in [-0.15, -0.1) is 0 Å². The summed E-state index contributed by atoms with van der Waals surface area (Å²) in [7, 11) is 1.35. The van der Waals surface area contributed by atoms with E-state index in [-0.39, 0.29) is 12.6 Å². The zero-order valence-electron chi connectivity index (χ0n) is 27.6. The van der Waals surface area contributed by atoms with Crippen LogP contribution in [-0.4, -0.2) is 183 Å². The van der Waals surface area contributed by atoms with Crippen molar-refractivity contribution in [2.45, 2.75) is 144 Å². The minimum absolute atomic E-state index is 0.154. The Morgan fingerprint density at radius 1 is 0.612 bits per heavy atom. The first-order valence-electron chi connectivity index (χ1n) is 16.5. The van der Waals surface area contributed by atoms with Crippen molar-refractivity contribution in [1.29, 1.82) is 0 Å². The molecule has 3 rings (SSSR count). The predicted molar refractivity (Wildman–Crippen MR) is 161 cm³/mol. The summed E-state index contributed by atoms with van der Waals surface area (Å²) < 4.78 is 38.7. The predicted octanol–water partition coefficient (Wildman–Crippen LogP) is -4.50. The van der Waals surface area contributed by atoms with Crippen molar-refractivity contribution in [1.82, 2.24) is 5.32 Å². The maximum Gasteiger partial charge on any atom is 0.305 e. The van der Waals surface area contributed by atoms with E-state index >= 15 is 0 Å². The average Bonchev–Trinajstić information content (AvgIpc) is 3.08. The van der Waals surface area contributed by atoms with Gasteiger partial charge in [0.25, 0.3) is 0 Å². The summed E-state index contributed by atoms with van der Waals surface area (Å²) in [6.07, 6.45) is -17.1. The van der Waals surface area contributed by atoms with Crippen LogP contribution in [0.1, 0.15) is 51.9 Å². The molecule has 49 heavy (non-hydrogen) atoms. The van der Waals surface area contributed by atoms with Crippen molar-refractivity contribution in [3.8, 4) is 0 Å². The van der Waals surface area contributed by atoms with Gasteiger partial charge in [0.1, 0.15) is 73.2 Å². The number of esters is 1. The SMILES string of the molecule is COC(=O)CCCCCCCCO[C@@H]1O[C@H](CO)[C@H](O)[C@H](O[C@@H]2O[C@H](CO)[C@H](O[C@@H]3O[C@@H](CO)[C@@H](O)[C@H](O)[C@H]3O)[C@@H](O)[C@@H]2NC(C)=O)[C@@H]1O. The lowest BCUT2D eigenvalue weighted by molar-refractivity contribution is -0.367. The lowest BCUT2D eigenvalue weighted by Gasteiger charge is -2.49. The van der Waals surface area contributed by atoms with E-state index in [2.05, 4.69) is 10.1 Å². The number of aliphatic hydroxyl groups excluding tert-OH is 9. The van der Waals surface area contributed by atoms with Crippen LogP contribution in [0.3, 0.4) is 0 Å². The zero-order chi connectivity index (χ0) is 36.2. The number of hydrogen-bond acceptors (Lipinski definition) is 18. The van der Waals surface area contributed by atoms with Crippen LogP contribution in [0.2, 0.25) is 0 Å². The fourth-order valence-electron chi connectivity index (χ4n) is 5.96. The Hall–Kier alpha value is -1.66. The van der Waals surface area contributed by atoms with E-state index in [1.165, 1.54) is 7.11 Å². The molecule has 3 fully saturated rings. The number of carbonyl (C=O) groups excluding carboxylic acids is 2. The van der Waals surface area contributed by atoms with Gasteiger partial charge in [0.05, 0.1) is 26.9 Å². The van der Waals surface area contributed by atoms with Gasteiger partial charge < -0.3 is 84.4 Å². The van der Waals surface area contributed by atoms with Gasteiger partial charge in [0, 0.05) is 20.0 Å². The van der Waals surface area contributed by atoms with Crippen LogP contribution in [0.4, 0.5) is 0 Å². The molecule has 3 heterocycles. The van der Waals surface area contributed by atoms with Crippen LogP contribution in [0.15, 0.2) is 0 Å². The molecular formula is C30H53NO18. The fraction of sp³-hybridized carbons (Fsp3) is 0.933. The molecule has 0 aromatic heterocycles. The highest BCUT2D eigenvalue weighted by Gasteiger charge is 2.54. The van der Waals surface area contributed by atoms with Crippen molar-refractivity contribution in [2.75, 3.05) is 33.5 Å². The van der Waals surface area contributed by atoms with Gasteiger partial charge in [-0.05, 0) is 12.8 Å². The first kappa shape index (κ1) is 41.8. The van der Waals surface area contributed by atoms with E-state index < -0.39 is 118 Å². The smallest absolute Gasteiger partial charge is 0.305 e. The van der Waals surface area contributed by atoms with Gasteiger partial charge in [-0.25, -0.2) is 0 Å². The molecule has 0 unspecified atom stereocenters. The summed E-state index contributed by atoms with van der Waals surface area (Å²) in [5, 5.41) is 96.0. The Morgan fingerprint density at radius 2 is 1.16 bits per heavy atom. The lowest BCUT2D eigenvalue weighted by Crippen LogP contribution is -2.69. The Kier molecular flexibility index (Phi) is 17.4. The molecule has 0 spiro atoms. The molecule has 3 saturated heterocycles. The number of amides is 1. The largest absolute Gasteiger partial charge is 0.469 e. The van der Waals surface area contributed by atoms with Crippen LogP contribution in [0.25, 0.3) is 0 Å². The van der Waals surface area contributed by atoms with Crippen LogP contribution in [-0.2, 0) is 42.7 Å². The lowest BCUT2D eigenvalue weighted by atomic mass is 9.94. The van der Waals surface area contributed by atoms with E-state index in [4.69, 9.17) is 28.4 Å². The summed E-state index contributed by atoms with van der Waals surface area (Å²) in [6.45, 7) is -0.974. The highest BCUT2D eigenvalue weighted by molar-refractivity contribution is 5.73. The minimum Gasteiger partial charge on any atom is -0.469 e. The monoisotopic (exact) mass is 715 g/mol. The topological polar surface area (TPSA) is 293 Å². The third kappa shape index (κ3) is 11.2. The van der Waals surface area contributed by atoms with Gasteiger partial charge >= 0.3 is 5.97 Å². The van der Waals surface area contributed by atoms with Crippen molar-refractivity contribution in [2.24, 2.45) is 0 Å². The van der Waals surface area contributed by atoms with E-state index in [0.29, 0.717) is 12.8 Å². The zero-order valence-corrected chi connectivity index (χ0v) is 27.6. The van der Waals surface area contributed by atoms with Crippen LogP contribution < -0.4 is 5.32 Å². The van der Waals surface area contributed by atoms with Crippen LogP contribution in [0, 0.1) is 0 Å². The molecule has 19 heteroatoms. The van der Waals surface area contributed by atoms with Gasteiger partial charge in [-0.2, -0.15) is 0 Å². The number of nitrogens with one attached hydrogen (secondary N) is 1. The molecule has 286 valence electrons. The standard InChI is InChI=1S/C30H53NO18/c1-14(35)31-19-22(39)26(48-30-24(41)23(40)20(37)15(11-32)46-30)17(13-34)47-28(19)49-27-21(38)16(12-33)45-29(25(27)42)44-10-8-6-4-3-5-7-9-18(36)43-2/h15-17,19-30,32-34,37-42H,3-13H2,1-2H3,(H,31,35)/t15-,16+,17+,19-,20+,21-,22-,23-,24+,25-,26-,27-,28-,29+,30-/m0/s1. The average molecular weight is 716 g/mol. The fourth-order valence-corrected chi connectivity index (χ4v) is 5.96. The molecule has 15 atom stereocenters. The Bertz CT molecular complexity index is 993. The number of hydrogen-bond donors (Lipinski definition) is 10. The third-order valence-electron chi connectivity index (χ3n) is 8.76. The summed E-state index contributed by atoms with van der Waals surface area (Å²) in [5.74, 6) is -0.913. The summed E-state index contributed by atoms with van der Waals surface area (Å²) in [6, 6.07) is -1.48. The number of rotatable bonds is 18. The normalized spacial score (nSPS) is 39.8. The molecule has 19 nitrogen and oxygen atoms in total. The molecule has 1 amide bonds. The van der Waals surface area contributed by atoms with Gasteiger partial charge in [0.2, 0.25) is 5.91 Å². The Morgan fingerprint density at radius 3 is 1.78 bits per heavy atom.